The summed E-state index contributed by atoms with van der Waals surface area (Å²) in [5.41, 5.74) is 4.92. The van der Waals surface area contributed by atoms with Gasteiger partial charge in [-0.2, -0.15) is 5.10 Å². The number of hydrogen-bond acceptors (Lipinski definition) is 3. The van der Waals surface area contributed by atoms with Crippen molar-refractivity contribution >= 4 is 5.91 Å². The number of morpholine rings is 1. The number of nitrogens with zero attached hydrogens (tertiary/aromatic N) is 3. The lowest BCUT2D eigenvalue weighted by Gasteiger charge is -2.36. The lowest BCUT2D eigenvalue weighted by Crippen LogP contribution is -2.44. The van der Waals surface area contributed by atoms with Crippen LogP contribution < -0.4 is 0 Å². The number of rotatable bonds is 2. The van der Waals surface area contributed by atoms with Gasteiger partial charge in [-0.3, -0.25) is 9.48 Å². The van der Waals surface area contributed by atoms with Crippen LogP contribution in [-0.2, 0) is 11.8 Å². The zero-order valence-corrected chi connectivity index (χ0v) is 14.2. The number of hydrogen-bond donors (Lipinski definition) is 0. The quantitative estimate of drug-likeness (QED) is 0.856. The number of aromatic nitrogens is 2. The van der Waals surface area contributed by atoms with E-state index in [1.54, 1.807) is 0 Å². The van der Waals surface area contributed by atoms with Gasteiger partial charge in [0.25, 0.3) is 5.91 Å². The van der Waals surface area contributed by atoms with E-state index < -0.39 is 0 Å². The van der Waals surface area contributed by atoms with Crippen LogP contribution in [0.15, 0.2) is 24.3 Å². The molecule has 0 saturated carbocycles. The SMILES string of the molecule is Cc1ccccc1C(=O)N1CCOCC1c1c(C)nn(C)c1C. The van der Waals surface area contributed by atoms with E-state index >= 15 is 0 Å². The number of aryl methyl sites for hydroxylation is 3. The fourth-order valence-corrected chi connectivity index (χ4v) is 3.33. The molecular weight excluding hydrogens is 290 g/mol. The van der Waals surface area contributed by atoms with Gasteiger partial charge in [0.2, 0.25) is 0 Å². The average Bonchev–Trinajstić information content (AvgIpc) is 2.80. The summed E-state index contributed by atoms with van der Waals surface area (Å²) in [5, 5.41) is 4.49. The van der Waals surface area contributed by atoms with Crippen LogP contribution in [0.3, 0.4) is 0 Å². The first-order valence-electron chi connectivity index (χ1n) is 7.95. The molecule has 2 heterocycles. The maximum absolute atomic E-state index is 13.1. The van der Waals surface area contributed by atoms with Gasteiger partial charge in [-0.25, -0.2) is 0 Å². The number of benzene rings is 1. The third-order valence-electron chi connectivity index (χ3n) is 4.66. The summed E-state index contributed by atoms with van der Waals surface area (Å²) in [4.78, 5) is 15.0. The van der Waals surface area contributed by atoms with E-state index in [0.29, 0.717) is 19.8 Å². The van der Waals surface area contributed by atoms with E-state index in [1.165, 1.54) is 0 Å². The molecule has 23 heavy (non-hydrogen) atoms. The molecule has 5 nitrogen and oxygen atoms in total. The Balaban J connectivity index is 1.99. The second kappa shape index (κ2) is 6.16. The summed E-state index contributed by atoms with van der Waals surface area (Å²) in [7, 11) is 1.93. The van der Waals surface area contributed by atoms with Crippen LogP contribution >= 0.6 is 0 Å². The van der Waals surface area contributed by atoms with Gasteiger partial charge in [0.15, 0.2) is 0 Å². The molecule has 1 saturated heterocycles. The largest absolute Gasteiger partial charge is 0.377 e. The zero-order chi connectivity index (χ0) is 16.6. The lowest BCUT2D eigenvalue weighted by molar-refractivity contribution is -0.00308. The highest BCUT2D eigenvalue weighted by Gasteiger charge is 2.33. The molecule has 1 amide bonds. The van der Waals surface area contributed by atoms with Crippen LogP contribution in [0, 0.1) is 20.8 Å². The van der Waals surface area contributed by atoms with Crippen LogP contribution in [0.1, 0.15) is 38.9 Å². The normalized spacial score (nSPS) is 18.3. The Kier molecular flexibility index (Phi) is 4.22. The molecule has 1 fully saturated rings. The van der Waals surface area contributed by atoms with Gasteiger partial charge in [-0.05, 0) is 32.4 Å². The Labute approximate surface area is 136 Å². The van der Waals surface area contributed by atoms with Crippen molar-refractivity contribution in [2.45, 2.75) is 26.8 Å². The van der Waals surface area contributed by atoms with E-state index in [0.717, 1.165) is 28.1 Å². The lowest BCUT2D eigenvalue weighted by atomic mass is 10.0. The molecule has 0 N–H and O–H groups in total. The van der Waals surface area contributed by atoms with Gasteiger partial charge in [0, 0.05) is 30.4 Å². The molecule has 0 spiro atoms. The van der Waals surface area contributed by atoms with Crippen molar-refractivity contribution in [1.29, 1.82) is 0 Å². The molecule has 122 valence electrons. The molecule has 3 rings (SSSR count). The van der Waals surface area contributed by atoms with Crippen molar-refractivity contribution in [3.8, 4) is 0 Å². The van der Waals surface area contributed by atoms with Crippen molar-refractivity contribution in [2.24, 2.45) is 7.05 Å². The second-order valence-corrected chi connectivity index (χ2v) is 6.11. The Hall–Kier alpha value is -2.14. The van der Waals surface area contributed by atoms with Gasteiger partial charge in [0.05, 0.1) is 24.9 Å². The summed E-state index contributed by atoms with van der Waals surface area (Å²) >= 11 is 0. The first-order valence-corrected chi connectivity index (χ1v) is 7.95. The van der Waals surface area contributed by atoms with Crippen LogP contribution in [0.4, 0.5) is 0 Å². The smallest absolute Gasteiger partial charge is 0.254 e. The van der Waals surface area contributed by atoms with Crippen LogP contribution in [0.25, 0.3) is 0 Å². The fraction of sp³-hybridized carbons (Fsp3) is 0.444. The second-order valence-electron chi connectivity index (χ2n) is 6.11. The molecule has 2 aromatic rings. The van der Waals surface area contributed by atoms with E-state index in [1.807, 2.05) is 61.7 Å². The van der Waals surface area contributed by atoms with E-state index in [-0.39, 0.29) is 11.9 Å². The highest BCUT2D eigenvalue weighted by molar-refractivity contribution is 5.96. The van der Waals surface area contributed by atoms with Gasteiger partial charge in [-0.15, -0.1) is 0 Å². The number of amides is 1. The topological polar surface area (TPSA) is 47.4 Å². The van der Waals surface area contributed by atoms with Crippen LogP contribution in [-0.4, -0.2) is 40.3 Å². The van der Waals surface area contributed by atoms with E-state index in [9.17, 15) is 4.79 Å². The zero-order valence-electron chi connectivity index (χ0n) is 14.2. The van der Waals surface area contributed by atoms with Crippen molar-refractivity contribution in [3.63, 3.8) is 0 Å². The molecule has 5 heteroatoms. The van der Waals surface area contributed by atoms with E-state index in [2.05, 4.69) is 5.10 Å². The fourth-order valence-electron chi connectivity index (χ4n) is 3.33. The van der Waals surface area contributed by atoms with Crippen molar-refractivity contribution in [3.05, 3.63) is 52.3 Å². The minimum absolute atomic E-state index is 0.0686. The summed E-state index contributed by atoms with van der Waals surface area (Å²) in [6.45, 7) is 7.71. The van der Waals surface area contributed by atoms with E-state index in [4.69, 9.17) is 4.74 Å². The van der Waals surface area contributed by atoms with Gasteiger partial charge < -0.3 is 9.64 Å². The summed E-state index contributed by atoms with van der Waals surface area (Å²) < 4.78 is 7.54. The molecular formula is C18H23N3O2. The third-order valence-corrected chi connectivity index (χ3v) is 4.66. The Morgan fingerprint density at radius 1 is 1.26 bits per heavy atom. The Bertz CT molecular complexity index is 736. The minimum atomic E-state index is -0.0791. The third kappa shape index (κ3) is 2.77. The predicted molar refractivity (Wildman–Crippen MR) is 88.5 cm³/mol. The molecule has 1 aromatic heterocycles. The van der Waals surface area contributed by atoms with Crippen molar-refractivity contribution in [1.82, 2.24) is 14.7 Å². The Morgan fingerprint density at radius 3 is 2.65 bits per heavy atom. The van der Waals surface area contributed by atoms with Gasteiger partial charge >= 0.3 is 0 Å². The van der Waals surface area contributed by atoms with Crippen LogP contribution in [0.5, 0.6) is 0 Å². The first-order chi connectivity index (χ1) is 11.0. The molecule has 1 aromatic carbocycles. The average molecular weight is 313 g/mol. The molecule has 1 atom stereocenters. The molecule has 0 radical (unpaired) electrons. The first kappa shape index (κ1) is 15.7. The molecule has 1 aliphatic heterocycles. The maximum Gasteiger partial charge on any atom is 0.254 e. The Morgan fingerprint density at radius 2 is 2.00 bits per heavy atom. The molecule has 1 aliphatic rings. The molecule has 0 bridgehead atoms. The summed E-state index contributed by atoms with van der Waals surface area (Å²) in [6.07, 6.45) is 0. The standard InChI is InChI=1S/C18H23N3O2/c1-12-7-5-6-8-15(12)18(22)21-9-10-23-11-16(21)17-13(2)19-20(4)14(17)3/h5-8,16H,9-11H2,1-4H3. The summed E-state index contributed by atoms with van der Waals surface area (Å²) in [5.74, 6) is 0.0686. The highest BCUT2D eigenvalue weighted by atomic mass is 16.5. The van der Waals surface area contributed by atoms with Gasteiger partial charge in [0.1, 0.15) is 0 Å². The number of ether oxygens (including phenoxy) is 1. The minimum Gasteiger partial charge on any atom is -0.377 e. The summed E-state index contributed by atoms with van der Waals surface area (Å²) in [6, 6.07) is 7.66. The van der Waals surface area contributed by atoms with Gasteiger partial charge in [-0.1, -0.05) is 18.2 Å². The molecule has 1 unspecified atom stereocenters. The number of carbonyl (C=O) groups is 1. The van der Waals surface area contributed by atoms with Crippen molar-refractivity contribution in [2.75, 3.05) is 19.8 Å². The monoisotopic (exact) mass is 313 g/mol. The maximum atomic E-state index is 13.1. The highest BCUT2D eigenvalue weighted by Crippen LogP contribution is 2.30. The number of carbonyl (C=O) groups excluding carboxylic acids is 1. The molecule has 0 aliphatic carbocycles. The van der Waals surface area contributed by atoms with Crippen LogP contribution in [0.2, 0.25) is 0 Å². The van der Waals surface area contributed by atoms with Crippen molar-refractivity contribution < 1.29 is 9.53 Å². The predicted octanol–water partition coefficient (Wildman–Crippen LogP) is 2.56.